The zero-order valence-electron chi connectivity index (χ0n) is 15.9. The number of hydrogen-bond donors (Lipinski definition) is 2. The number of para-hydroxylation sites is 1. The predicted molar refractivity (Wildman–Crippen MR) is 104 cm³/mol. The van der Waals surface area contributed by atoms with Gasteiger partial charge >= 0.3 is 0 Å². The molecule has 1 spiro atoms. The van der Waals surface area contributed by atoms with Crippen LogP contribution in [-0.2, 0) is 15.1 Å². The average molecular weight is 367 g/mol. The van der Waals surface area contributed by atoms with Gasteiger partial charge < -0.3 is 10.6 Å². The third-order valence-electron chi connectivity index (χ3n) is 7.29. The second-order valence-corrected chi connectivity index (χ2v) is 8.74. The summed E-state index contributed by atoms with van der Waals surface area (Å²) >= 11 is 0. The van der Waals surface area contributed by atoms with Gasteiger partial charge in [-0.3, -0.25) is 14.5 Å². The molecule has 27 heavy (non-hydrogen) atoms. The second kappa shape index (κ2) is 6.62. The van der Waals surface area contributed by atoms with Gasteiger partial charge in [-0.25, -0.2) is 0 Å². The van der Waals surface area contributed by atoms with Gasteiger partial charge in [0.15, 0.2) is 0 Å². The molecule has 0 aromatic heterocycles. The summed E-state index contributed by atoms with van der Waals surface area (Å²) < 4.78 is 0. The topological polar surface area (TPSA) is 61.4 Å². The monoisotopic (exact) mass is 367 g/mol. The smallest absolute Gasteiger partial charge is 0.250 e. The van der Waals surface area contributed by atoms with Gasteiger partial charge in [-0.1, -0.05) is 43.9 Å². The molecule has 5 nitrogen and oxygen atoms in total. The molecule has 2 saturated heterocycles. The lowest BCUT2D eigenvalue weighted by Crippen LogP contribution is -2.55. The molecule has 3 aliphatic heterocycles. The average Bonchev–Trinajstić information content (AvgIpc) is 3.25. The number of fused-ring (bicyclic) bond motifs is 4. The molecule has 144 valence electrons. The van der Waals surface area contributed by atoms with Crippen LogP contribution in [0.2, 0.25) is 0 Å². The third-order valence-corrected chi connectivity index (χ3v) is 7.29. The molecule has 5 heteroatoms. The zero-order valence-corrected chi connectivity index (χ0v) is 15.9. The van der Waals surface area contributed by atoms with E-state index in [4.69, 9.17) is 0 Å². The number of anilines is 1. The Morgan fingerprint density at radius 3 is 2.67 bits per heavy atom. The highest BCUT2D eigenvalue weighted by atomic mass is 16.2. The number of carbonyl (C=O) groups is 2. The summed E-state index contributed by atoms with van der Waals surface area (Å²) in [7, 11) is 0. The van der Waals surface area contributed by atoms with Crippen LogP contribution < -0.4 is 10.6 Å². The Kier molecular flexibility index (Phi) is 4.23. The Bertz CT molecular complexity index is 756. The van der Waals surface area contributed by atoms with Crippen LogP contribution in [0.15, 0.2) is 24.3 Å². The van der Waals surface area contributed by atoms with Crippen LogP contribution in [0.3, 0.4) is 0 Å². The van der Waals surface area contributed by atoms with Gasteiger partial charge in [-0.05, 0) is 44.7 Å². The normalized spacial score (nSPS) is 33.6. The second-order valence-electron chi connectivity index (χ2n) is 8.74. The lowest BCUT2D eigenvalue weighted by Gasteiger charge is -2.37. The Balaban J connectivity index is 1.50. The highest BCUT2D eigenvalue weighted by Gasteiger charge is 2.65. The van der Waals surface area contributed by atoms with Gasteiger partial charge in [-0.2, -0.15) is 0 Å². The number of hydrogen-bond acceptors (Lipinski definition) is 3. The molecule has 3 fully saturated rings. The van der Waals surface area contributed by atoms with Crippen molar-refractivity contribution >= 4 is 17.5 Å². The molecule has 1 aromatic carbocycles. The third kappa shape index (κ3) is 2.54. The Labute approximate surface area is 160 Å². The van der Waals surface area contributed by atoms with Crippen LogP contribution in [0.25, 0.3) is 0 Å². The van der Waals surface area contributed by atoms with Crippen LogP contribution >= 0.6 is 0 Å². The molecule has 3 unspecified atom stereocenters. The minimum atomic E-state index is -0.813. The van der Waals surface area contributed by atoms with Crippen LogP contribution in [0.1, 0.15) is 63.4 Å². The zero-order chi connectivity index (χ0) is 18.4. The molecule has 4 aliphatic rings. The number of nitrogens with one attached hydrogen (secondary N) is 2. The van der Waals surface area contributed by atoms with Crippen LogP contribution in [0, 0.1) is 5.92 Å². The summed E-state index contributed by atoms with van der Waals surface area (Å²) in [6.45, 7) is 0.902. The van der Waals surface area contributed by atoms with Gasteiger partial charge in [-0.15, -0.1) is 0 Å². The molecular weight excluding hydrogens is 338 g/mol. The fourth-order valence-electron chi connectivity index (χ4n) is 6.11. The fraction of sp³-hybridized carbons (Fsp3) is 0.636. The maximum Gasteiger partial charge on any atom is 0.250 e. The SMILES string of the molecule is O=C(NC1CCCCCC1)C1CC2CCCN2C12C(=O)Nc1ccccc12. The summed E-state index contributed by atoms with van der Waals surface area (Å²) in [4.78, 5) is 29.1. The quantitative estimate of drug-likeness (QED) is 0.790. The molecule has 1 aromatic rings. The van der Waals surface area contributed by atoms with Gasteiger partial charge in [0.05, 0.1) is 5.92 Å². The molecule has 5 rings (SSSR count). The molecule has 0 bridgehead atoms. The van der Waals surface area contributed by atoms with E-state index in [1.165, 1.54) is 25.7 Å². The highest BCUT2D eigenvalue weighted by Crippen LogP contribution is 2.55. The first-order chi connectivity index (χ1) is 13.2. The van der Waals surface area contributed by atoms with E-state index in [9.17, 15) is 9.59 Å². The van der Waals surface area contributed by atoms with Crippen molar-refractivity contribution in [3.05, 3.63) is 29.8 Å². The first-order valence-electron chi connectivity index (χ1n) is 10.7. The van der Waals surface area contributed by atoms with Crippen molar-refractivity contribution in [1.29, 1.82) is 0 Å². The largest absolute Gasteiger partial charge is 0.353 e. The van der Waals surface area contributed by atoms with Crippen molar-refractivity contribution in [3.63, 3.8) is 0 Å². The van der Waals surface area contributed by atoms with Crippen molar-refractivity contribution in [2.75, 3.05) is 11.9 Å². The van der Waals surface area contributed by atoms with Gasteiger partial charge in [0, 0.05) is 23.3 Å². The number of rotatable bonds is 2. The van der Waals surface area contributed by atoms with Crippen LogP contribution in [-0.4, -0.2) is 35.3 Å². The molecule has 3 atom stereocenters. The summed E-state index contributed by atoms with van der Waals surface area (Å²) in [5.41, 5.74) is 1.06. The predicted octanol–water partition coefficient (Wildman–Crippen LogP) is 3.16. The first-order valence-corrected chi connectivity index (χ1v) is 10.7. The Morgan fingerprint density at radius 1 is 1.07 bits per heavy atom. The van der Waals surface area contributed by atoms with Gasteiger partial charge in [0.1, 0.15) is 5.54 Å². The van der Waals surface area contributed by atoms with Crippen LogP contribution in [0.5, 0.6) is 0 Å². The number of carbonyl (C=O) groups excluding carboxylic acids is 2. The fourth-order valence-corrected chi connectivity index (χ4v) is 6.11. The number of amides is 2. The van der Waals surface area contributed by atoms with Crippen molar-refractivity contribution in [2.24, 2.45) is 5.92 Å². The summed E-state index contributed by atoms with van der Waals surface area (Å²) in [6.07, 6.45) is 10.1. The Morgan fingerprint density at radius 2 is 1.85 bits per heavy atom. The maximum atomic E-state index is 13.5. The van der Waals surface area contributed by atoms with Crippen molar-refractivity contribution in [1.82, 2.24) is 10.2 Å². The van der Waals surface area contributed by atoms with Crippen LogP contribution in [0.4, 0.5) is 5.69 Å². The minimum Gasteiger partial charge on any atom is -0.353 e. The van der Waals surface area contributed by atoms with Crippen molar-refractivity contribution < 1.29 is 9.59 Å². The molecular formula is C22H29N3O2. The van der Waals surface area contributed by atoms with Crippen molar-refractivity contribution in [3.8, 4) is 0 Å². The number of nitrogens with zero attached hydrogens (tertiary/aromatic N) is 1. The van der Waals surface area contributed by atoms with E-state index in [1.807, 2.05) is 24.3 Å². The summed E-state index contributed by atoms with van der Waals surface area (Å²) in [6, 6.07) is 8.56. The first kappa shape index (κ1) is 17.2. The van der Waals surface area contributed by atoms with E-state index in [-0.39, 0.29) is 23.8 Å². The maximum absolute atomic E-state index is 13.5. The lowest BCUT2D eigenvalue weighted by atomic mass is 9.78. The van der Waals surface area contributed by atoms with Crippen molar-refractivity contribution in [2.45, 2.75) is 75.4 Å². The van der Waals surface area contributed by atoms with E-state index in [1.54, 1.807) is 0 Å². The molecule has 2 amide bonds. The molecule has 1 aliphatic carbocycles. The van der Waals surface area contributed by atoms with E-state index in [0.29, 0.717) is 6.04 Å². The van der Waals surface area contributed by atoms with E-state index < -0.39 is 5.54 Å². The van der Waals surface area contributed by atoms with E-state index in [2.05, 4.69) is 15.5 Å². The summed E-state index contributed by atoms with van der Waals surface area (Å²) in [5, 5.41) is 6.43. The Hall–Kier alpha value is -1.88. The molecule has 1 saturated carbocycles. The number of benzene rings is 1. The standard InChI is InChI=1S/C22H29N3O2/c26-20(23-15-8-3-1-2-4-9-15)18-14-16-10-7-13-25(16)22(18)17-11-5-6-12-19(17)24-21(22)27/h5-6,11-12,15-16,18H,1-4,7-10,13-14H2,(H,23,26)(H,24,27). The summed E-state index contributed by atoms with van der Waals surface area (Å²) in [5.74, 6) is -0.216. The lowest BCUT2D eigenvalue weighted by molar-refractivity contribution is -0.138. The van der Waals surface area contributed by atoms with E-state index >= 15 is 0 Å². The van der Waals surface area contributed by atoms with Gasteiger partial charge in [0.25, 0.3) is 0 Å². The van der Waals surface area contributed by atoms with Gasteiger partial charge in [0.2, 0.25) is 11.8 Å². The molecule has 2 N–H and O–H groups in total. The molecule has 3 heterocycles. The minimum absolute atomic E-state index is 0.00545. The van der Waals surface area contributed by atoms with E-state index in [0.717, 1.165) is 49.9 Å². The highest BCUT2D eigenvalue weighted by molar-refractivity contribution is 6.09. The molecule has 0 radical (unpaired) electrons.